The molecule has 5 heteroatoms. The number of hydrogen-bond acceptors (Lipinski definition) is 3. The molecule has 0 amide bonds. The number of hydrogen-bond donors (Lipinski definition) is 0. The third kappa shape index (κ3) is 3.77. The van der Waals surface area contributed by atoms with Gasteiger partial charge in [-0.3, -0.25) is 15.0 Å². The van der Waals surface area contributed by atoms with Gasteiger partial charge in [-0.2, -0.15) is 4.39 Å². The lowest BCUT2D eigenvalue weighted by atomic mass is 10.1. The van der Waals surface area contributed by atoms with Crippen molar-refractivity contribution in [2.75, 3.05) is 13.1 Å². The van der Waals surface area contributed by atoms with Crippen molar-refractivity contribution in [3.8, 4) is 0 Å². The summed E-state index contributed by atoms with van der Waals surface area (Å²) in [5, 5.41) is 10.7. The first-order valence-corrected chi connectivity index (χ1v) is 6.09. The molecule has 0 saturated heterocycles. The van der Waals surface area contributed by atoms with E-state index in [0.29, 0.717) is 18.0 Å². The maximum absolute atomic E-state index is 13.9. The fourth-order valence-corrected chi connectivity index (χ4v) is 1.89. The van der Waals surface area contributed by atoms with E-state index in [4.69, 9.17) is 0 Å². The van der Waals surface area contributed by atoms with E-state index in [1.165, 1.54) is 12.1 Å². The number of benzene rings is 1. The number of nitrogens with zero attached hydrogens (tertiary/aromatic N) is 2. The highest BCUT2D eigenvalue weighted by atomic mass is 19.1. The summed E-state index contributed by atoms with van der Waals surface area (Å²) in [6, 6.07) is 4.32. The van der Waals surface area contributed by atoms with Crippen LogP contribution in [0.15, 0.2) is 18.2 Å². The molecule has 4 nitrogen and oxygen atoms in total. The van der Waals surface area contributed by atoms with Crippen LogP contribution in [0.2, 0.25) is 0 Å². The molecule has 1 rings (SSSR count). The zero-order valence-electron chi connectivity index (χ0n) is 11.0. The minimum Gasteiger partial charge on any atom is -0.299 e. The van der Waals surface area contributed by atoms with E-state index in [9.17, 15) is 14.5 Å². The second kappa shape index (κ2) is 6.44. The van der Waals surface area contributed by atoms with Gasteiger partial charge in [0.05, 0.1) is 4.92 Å². The zero-order chi connectivity index (χ0) is 13.7. The Morgan fingerprint density at radius 1 is 1.44 bits per heavy atom. The van der Waals surface area contributed by atoms with Crippen molar-refractivity contribution in [3.05, 3.63) is 39.7 Å². The lowest BCUT2D eigenvalue weighted by molar-refractivity contribution is -0.387. The van der Waals surface area contributed by atoms with E-state index < -0.39 is 16.4 Å². The Hall–Kier alpha value is -1.49. The zero-order valence-corrected chi connectivity index (χ0v) is 11.0. The maximum Gasteiger partial charge on any atom is 0.305 e. The molecule has 0 N–H and O–H groups in total. The Labute approximate surface area is 107 Å². The van der Waals surface area contributed by atoms with Crippen molar-refractivity contribution in [1.29, 1.82) is 0 Å². The van der Waals surface area contributed by atoms with Gasteiger partial charge in [0.1, 0.15) is 0 Å². The van der Waals surface area contributed by atoms with Crippen LogP contribution in [0.5, 0.6) is 0 Å². The van der Waals surface area contributed by atoms with E-state index in [-0.39, 0.29) is 0 Å². The molecule has 1 aromatic rings. The Bertz CT molecular complexity index is 421. The average Bonchev–Trinajstić information content (AvgIpc) is 2.29. The topological polar surface area (TPSA) is 46.4 Å². The molecule has 0 fully saturated rings. The number of nitro benzene ring substituents is 1. The van der Waals surface area contributed by atoms with E-state index >= 15 is 0 Å². The van der Waals surface area contributed by atoms with Gasteiger partial charge in [-0.1, -0.05) is 32.9 Å². The molecule has 100 valence electrons. The molecule has 0 aliphatic heterocycles. The normalized spacial score (nSPS) is 11.2. The number of nitro groups is 1. The highest BCUT2D eigenvalue weighted by molar-refractivity contribution is 5.36. The van der Waals surface area contributed by atoms with E-state index in [0.717, 1.165) is 13.1 Å². The van der Waals surface area contributed by atoms with Crippen molar-refractivity contribution in [2.45, 2.75) is 27.3 Å². The smallest absolute Gasteiger partial charge is 0.299 e. The highest BCUT2D eigenvalue weighted by Crippen LogP contribution is 2.21. The van der Waals surface area contributed by atoms with Crippen molar-refractivity contribution in [1.82, 2.24) is 4.90 Å². The Morgan fingerprint density at radius 2 is 2.11 bits per heavy atom. The maximum atomic E-state index is 13.9. The van der Waals surface area contributed by atoms with Crippen LogP contribution in [0.1, 0.15) is 26.3 Å². The summed E-state index contributed by atoms with van der Waals surface area (Å²) in [6.07, 6.45) is 0. The lowest BCUT2D eigenvalue weighted by Crippen LogP contribution is -2.27. The van der Waals surface area contributed by atoms with E-state index in [2.05, 4.69) is 18.7 Å². The molecule has 0 aromatic heterocycles. The highest BCUT2D eigenvalue weighted by Gasteiger charge is 2.18. The minimum absolute atomic E-state index is 0.381. The van der Waals surface area contributed by atoms with Crippen LogP contribution >= 0.6 is 0 Å². The summed E-state index contributed by atoms with van der Waals surface area (Å²) in [4.78, 5) is 12.1. The van der Waals surface area contributed by atoms with Gasteiger partial charge in [-0.15, -0.1) is 0 Å². The Kier molecular flexibility index (Phi) is 5.22. The van der Waals surface area contributed by atoms with Gasteiger partial charge in [0.2, 0.25) is 5.82 Å². The first-order valence-electron chi connectivity index (χ1n) is 6.09. The molecule has 0 spiro atoms. The van der Waals surface area contributed by atoms with E-state index in [1.54, 1.807) is 6.07 Å². The molecular formula is C13H19FN2O2. The molecule has 0 heterocycles. The van der Waals surface area contributed by atoms with Crippen molar-refractivity contribution in [3.63, 3.8) is 0 Å². The monoisotopic (exact) mass is 254 g/mol. The second-order valence-electron chi connectivity index (χ2n) is 4.73. The quantitative estimate of drug-likeness (QED) is 0.578. The third-order valence-electron chi connectivity index (χ3n) is 2.72. The molecule has 18 heavy (non-hydrogen) atoms. The van der Waals surface area contributed by atoms with Gasteiger partial charge in [0.15, 0.2) is 0 Å². The van der Waals surface area contributed by atoms with Gasteiger partial charge in [0, 0.05) is 24.7 Å². The first-order chi connectivity index (χ1) is 8.45. The van der Waals surface area contributed by atoms with E-state index in [1.807, 2.05) is 6.92 Å². The van der Waals surface area contributed by atoms with Crippen LogP contribution in [0.3, 0.4) is 0 Å². The van der Waals surface area contributed by atoms with Crippen molar-refractivity contribution >= 4 is 5.69 Å². The molecule has 0 aliphatic carbocycles. The van der Waals surface area contributed by atoms with Gasteiger partial charge in [-0.25, -0.2) is 0 Å². The van der Waals surface area contributed by atoms with Crippen LogP contribution in [0, 0.1) is 21.8 Å². The first kappa shape index (κ1) is 14.6. The minimum atomic E-state index is -0.718. The SMILES string of the molecule is CCN(Cc1cccc([N+](=O)[O-])c1F)CC(C)C. The molecule has 1 aromatic carbocycles. The van der Waals surface area contributed by atoms with Crippen molar-refractivity contribution in [2.24, 2.45) is 5.92 Å². The van der Waals surface area contributed by atoms with Crippen LogP contribution < -0.4 is 0 Å². The summed E-state index contributed by atoms with van der Waals surface area (Å²) >= 11 is 0. The molecule has 0 atom stereocenters. The van der Waals surface area contributed by atoms with Crippen LogP contribution in [-0.4, -0.2) is 22.9 Å². The van der Waals surface area contributed by atoms with Gasteiger partial charge < -0.3 is 0 Å². The molecular weight excluding hydrogens is 235 g/mol. The summed E-state index contributed by atoms with van der Waals surface area (Å²) in [6.45, 7) is 8.22. The van der Waals surface area contributed by atoms with Gasteiger partial charge >= 0.3 is 5.69 Å². The van der Waals surface area contributed by atoms with Crippen LogP contribution in [0.4, 0.5) is 10.1 Å². The molecule has 0 aliphatic rings. The molecule has 0 saturated carbocycles. The molecule has 0 unspecified atom stereocenters. The fraction of sp³-hybridized carbons (Fsp3) is 0.538. The Morgan fingerprint density at radius 3 is 2.61 bits per heavy atom. The summed E-state index contributed by atoms with van der Waals surface area (Å²) in [5.74, 6) is -0.239. The van der Waals surface area contributed by atoms with Gasteiger partial charge in [-0.05, 0) is 12.5 Å². The van der Waals surface area contributed by atoms with Crippen molar-refractivity contribution < 1.29 is 9.31 Å². The van der Waals surface area contributed by atoms with Gasteiger partial charge in [0.25, 0.3) is 0 Å². The average molecular weight is 254 g/mol. The molecule has 0 radical (unpaired) electrons. The lowest BCUT2D eigenvalue weighted by Gasteiger charge is -2.22. The van der Waals surface area contributed by atoms with Crippen LogP contribution in [-0.2, 0) is 6.54 Å². The standard InChI is InChI=1S/C13H19FN2O2/c1-4-15(8-10(2)3)9-11-6-5-7-12(13(11)14)16(17)18/h5-7,10H,4,8-9H2,1-3H3. The predicted molar refractivity (Wildman–Crippen MR) is 68.8 cm³/mol. The Balaban J connectivity index is 2.89. The number of rotatable bonds is 6. The summed E-state index contributed by atoms with van der Waals surface area (Å²) in [5.41, 5.74) is -0.0696. The largest absolute Gasteiger partial charge is 0.305 e. The number of halogens is 1. The summed E-state index contributed by atoms with van der Waals surface area (Å²) in [7, 11) is 0. The summed E-state index contributed by atoms with van der Waals surface area (Å²) < 4.78 is 13.9. The third-order valence-corrected chi connectivity index (χ3v) is 2.72. The second-order valence-corrected chi connectivity index (χ2v) is 4.73. The molecule has 0 bridgehead atoms. The predicted octanol–water partition coefficient (Wildman–Crippen LogP) is 3.21. The van der Waals surface area contributed by atoms with Crippen LogP contribution in [0.25, 0.3) is 0 Å². The fourth-order valence-electron chi connectivity index (χ4n) is 1.89.